The molecule has 1 aliphatic rings. The molecule has 126 valence electrons. The zero-order valence-electron chi connectivity index (χ0n) is 14.6. The van der Waals surface area contributed by atoms with Crippen LogP contribution in [0.5, 0.6) is 0 Å². The predicted octanol–water partition coefficient (Wildman–Crippen LogP) is 2.18. The number of carbonyl (C=O) groups excluding carboxylic acids is 1. The van der Waals surface area contributed by atoms with Crippen molar-refractivity contribution in [3.05, 3.63) is 29.8 Å². The molecule has 2 N–H and O–H groups in total. The van der Waals surface area contributed by atoms with Crippen LogP contribution in [0.25, 0.3) is 0 Å². The number of rotatable bonds is 4. The van der Waals surface area contributed by atoms with Gasteiger partial charge in [-0.2, -0.15) is 0 Å². The number of hydrogen-bond donors (Lipinski definition) is 2. The summed E-state index contributed by atoms with van der Waals surface area (Å²) in [6.07, 6.45) is 2.06. The van der Waals surface area contributed by atoms with Crippen molar-refractivity contribution in [1.82, 2.24) is 10.6 Å². The van der Waals surface area contributed by atoms with E-state index < -0.39 is 0 Å². The quantitative estimate of drug-likeness (QED) is 0.661. The average molecular weight is 316 g/mol. The highest BCUT2D eigenvalue weighted by molar-refractivity contribution is 5.98. The van der Waals surface area contributed by atoms with Gasteiger partial charge >= 0.3 is 0 Å². The smallest absolute Gasteiger partial charge is 0.246 e. The van der Waals surface area contributed by atoms with Gasteiger partial charge in [-0.25, -0.2) is 0 Å². The Bertz CT molecular complexity index is 568. The van der Waals surface area contributed by atoms with Crippen molar-refractivity contribution in [2.75, 3.05) is 25.0 Å². The number of aliphatic imine (C=N–C) groups is 1. The number of guanidine groups is 1. The first kappa shape index (κ1) is 17.3. The maximum absolute atomic E-state index is 12.6. The molecule has 1 atom stereocenters. The second-order valence-corrected chi connectivity index (χ2v) is 6.38. The fourth-order valence-corrected chi connectivity index (χ4v) is 2.62. The molecule has 1 aromatic rings. The summed E-state index contributed by atoms with van der Waals surface area (Å²) in [7, 11) is 1.73. The lowest BCUT2D eigenvalue weighted by Gasteiger charge is -2.30. The van der Waals surface area contributed by atoms with Gasteiger partial charge in [-0.1, -0.05) is 32.0 Å². The monoisotopic (exact) mass is 316 g/mol. The molecule has 1 amide bonds. The second-order valence-electron chi connectivity index (χ2n) is 6.38. The molecule has 1 aromatic carbocycles. The molecule has 0 saturated heterocycles. The van der Waals surface area contributed by atoms with Crippen LogP contribution < -0.4 is 15.5 Å². The number of amides is 1. The highest BCUT2D eigenvalue weighted by Crippen LogP contribution is 2.26. The number of aryl methyl sites for hydroxylation is 1. The molecule has 0 spiro atoms. The minimum Gasteiger partial charge on any atom is -0.354 e. The zero-order chi connectivity index (χ0) is 16.8. The molecule has 5 nitrogen and oxygen atoms in total. The second kappa shape index (κ2) is 7.99. The number of hydrogen-bond acceptors (Lipinski definition) is 2. The Morgan fingerprint density at radius 3 is 2.74 bits per heavy atom. The van der Waals surface area contributed by atoms with Crippen LogP contribution in [-0.4, -0.2) is 38.0 Å². The first-order valence-corrected chi connectivity index (χ1v) is 8.38. The molecule has 1 aliphatic heterocycles. The maximum atomic E-state index is 12.6. The van der Waals surface area contributed by atoms with E-state index in [0.29, 0.717) is 17.9 Å². The van der Waals surface area contributed by atoms with Gasteiger partial charge in [-0.05, 0) is 37.3 Å². The summed E-state index contributed by atoms with van der Waals surface area (Å²) in [5.41, 5.74) is 2.30. The minimum atomic E-state index is 0.0808. The van der Waals surface area contributed by atoms with Gasteiger partial charge in [-0.15, -0.1) is 0 Å². The number of anilines is 1. The number of nitrogens with zero attached hydrogens (tertiary/aromatic N) is 2. The van der Waals surface area contributed by atoms with Gasteiger partial charge in [0.15, 0.2) is 5.96 Å². The molecule has 1 heterocycles. The third-order valence-electron chi connectivity index (χ3n) is 4.41. The molecule has 0 aromatic heterocycles. The van der Waals surface area contributed by atoms with Crippen LogP contribution in [0.1, 0.15) is 32.8 Å². The molecule has 0 fully saturated rings. The first-order chi connectivity index (χ1) is 11.0. The Labute approximate surface area is 139 Å². The lowest BCUT2D eigenvalue weighted by molar-refractivity contribution is -0.117. The molecular formula is C18H28N4O. The number of fused-ring (bicyclic) bond motifs is 1. The maximum Gasteiger partial charge on any atom is 0.246 e. The van der Waals surface area contributed by atoms with Gasteiger partial charge in [0.1, 0.15) is 0 Å². The summed E-state index contributed by atoms with van der Waals surface area (Å²) in [6.45, 7) is 7.45. The van der Waals surface area contributed by atoms with Crippen molar-refractivity contribution in [1.29, 1.82) is 0 Å². The van der Waals surface area contributed by atoms with Gasteiger partial charge < -0.3 is 15.5 Å². The van der Waals surface area contributed by atoms with Crippen LogP contribution in [0.15, 0.2) is 29.3 Å². The molecule has 0 saturated carbocycles. The topological polar surface area (TPSA) is 56.7 Å². The summed E-state index contributed by atoms with van der Waals surface area (Å²) in [5, 5.41) is 6.44. The van der Waals surface area contributed by atoms with Crippen molar-refractivity contribution >= 4 is 17.6 Å². The van der Waals surface area contributed by atoms with E-state index in [0.717, 1.165) is 25.1 Å². The number of nitrogens with one attached hydrogen (secondary N) is 2. The highest BCUT2D eigenvalue weighted by Gasteiger charge is 2.22. The van der Waals surface area contributed by atoms with E-state index in [2.05, 4.69) is 42.5 Å². The van der Waals surface area contributed by atoms with E-state index in [4.69, 9.17) is 0 Å². The van der Waals surface area contributed by atoms with E-state index in [-0.39, 0.29) is 12.5 Å². The number of carbonyl (C=O) groups is 1. The van der Waals surface area contributed by atoms with E-state index in [9.17, 15) is 4.79 Å². The predicted molar refractivity (Wildman–Crippen MR) is 95.9 cm³/mol. The van der Waals surface area contributed by atoms with Crippen molar-refractivity contribution < 1.29 is 4.79 Å². The van der Waals surface area contributed by atoms with Crippen LogP contribution in [0.3, 0.4) is 0 Å². The summed E-state index contributed by atoms with van der Waals surface area (Å²) < 4.78 is 0. The molecule has 5 heteroatoms. The zero-order valence-corrected chi connectivity index (χ0v) is 14.6. The molecule has 0 radical (unpaired) electrons. The van der Waals surface area contributed by atoms with Crippen LogP contribution in [0, 0.1) is 5.92 Å². The van der Waals surface area contributed by atoms with Crippen molar-refractivity contribution in [3.63, 3.8) is 0 Å². The first-order valence-electron chi connectivity index (χ1n) is 8.38. The molecule has 0 bridgehead atoms. The van der Waals surface area contributed by atoms with Crippen LogP contribution in [0.2, 0.25) is 0 Å². The van der Waals surface area contributed by atoms with Crippen LogP contribution >= 0.6 is 0 Å². The van der Waals surface area contributed by atoms with E-state index in [1.54, 1.807) is 7.05 Å². The Hall–Kier alpha value is -2.04. The summed E-state index contributed by atoms with van der Waals surface area (Å²) in [6, 6.07) is 8.45. The Balaban J connectivity index is 1.95. The van der Waals surface area contributed by atoms with Gasteiger partial charge in [-0.3, -0.25) is 9.79 Å². The normalized spacial score (nSPS) is 16.0. The minimum absolute atomic E-state index is 0.0808. The van der Waals surface area contributed by atoms with Gasteiger partial charge in [0, 0.05) is 25.3 Å². The van der Waals surface area contributed by atoms with Crippen molar-refractivity contribution in [3.8, 4) is 0 Å². The highest BCUT2D eigenvalue weighted by atomic mass is 16.2. The SMILES string of the molecule is CN=C(NCC(=O)N1CCCc2ccccc21)NC(C)C(C)C. The fourth-order valence-electron chi connectivity index (χ4n) is 2.62. The third kappa shape index (κ3) is 4.47. The Morgan fingerprint density at radius 2 is 2.04 bits per heavy atom. The number of para-hydroxylation sites is 1. The molecule has 23 heavy (non-hydrogen) atoms. The third-order valence-corrected chi connectivity index (χ3v) is 4.41. The Morgan fingerprint density at radius 1 is 1.30 bits per heavy atom. The van der Waals surface area contributed by atoms with E-state index >= 15 is 0 Å². The van der Waals surface area contributed by atoms with Crippen molar-refractivity contribution in [2.24, 2.45) is 10.9 Å². The summed E-state index contributed by atoms with van der Waals surface area (Å²) in [4.78, 5) is 18.7. The number of benzene rings is 1. The molecule has 0 aliphatic carbocycles. The molecular weight excluding hydrogens is 288 g/mol. The molecule has 2 rings (SSSR count). The van der Waals surface area contributed by atoms with Crippen LogP contribution in [-0.2, 0) is 11.2 Å². The lowest BCUT2D eigenvalue weighted by atomic mass is 10.0. The van der Waals surface area contributed by atoms with Crippen LogP contribution in [0.4, 0.5) is 5.69 Å². The summed E-state index contributed by atoms with van der Waals surface area (Å²) in [5.74, 6) is 1.25. The van der Waals surface area contributed by atoms with Gasteiger partial charge in [0.2, 0.25) is 5.91 Å². The van der Waals surface area contributed by atoms with E-state index in [1.807, 2.05) is 23.1 Å². The largest absolute Gasteiger partial charge is 0.354 e. The van der Waals surface area contributed by atoms with Gasteiger partial charge in [0.25, 0.3) is 0 Å². The average Bonchev–Trinajstić information content (AvgIpc) is 2.57. The fraction of sp³-hybridized carbons (Fsp3) is 0.556. The van der Waals surface area contributed by atoms with E-state index in [1.165, 1.54) is 5.56 Å². The van der Waals surface area contributed by atoms with Gasteiger partial charge in [0.05, 0.1) is 6.54 Å². The molecule has 1 unspecified atom stereocenters. The lowest BCUT2D eigenvalue weighted by Crippen LogP contribution is -2.48. The summed E-state index contributed by atoms with van der Waals surface area (Å²) >= 11 is 0. The Kier molecular flexibility index (Phi) is 6.02. The van der Waals surface area contributed by atoms with Crippen molar-refractivity contribution in [2.45, 2.75) is 39.7 Å². The standard InChI is InChI=1S/C18H28N4O/c1-13(2)14(3)21-18(19-4)20-12-17(23)22-11-7-9-15-8-5-6-10-16(15)22/h5-6,8,10,13-14H,7,9,11-12H2,1-4H3,(H2,19,20,21).